The van der Waals surface area contributed by atoms with Crippen LogP contribution in [0.25, 0.3) is 0 Å². The van der Waals surface area contributed by atoms with Gasteiger partial charge >= 0.3 is 5.97 Å². The molecular formula is C25H38N3O4+. The van der Waals surface area contributed by atoms with Crippen molar-refractivity contribution in [3.05, 3.63) is 29.3 Å². The van der Waals surface area contributed by atoms with Crippen LogP contribution in [-0.4, -0.2) is 73.5 Å². The molecule has 2 saturated heterocycles. The van der Waals surface area contributed by atoms with Gasteiger partial charge in [-0.25, -0.2) is 4.79 Å². The van der Waals surface area contributed by atoms with Crippen LogP contribution >= 0.6 is 0 Å². The maximum atomic E-state index is 13.2. The maximum absolute atomic E-state index is 13.2. The van der Waals surface area contributed by atoms with Crippen molar-refractivity contribution in [2.75, 3.05) is 51.7 Å². The number of nitrogens with zero attached hydrogens (tertiary/aromatic N) is 2. The van der Waals surface area contributed by atoms with Crippen LogP contribution in [0.3, 0.4) is 0 Å². The lowest BCUT2D eigenvalue weighted by Crippen LogP contribution is -2.59. The van der Waals surface area contributed by atoms with Gasteiger partial charge in [0, 0.05) is 13.1 Å². The Bertz CT molecular complexity index is 832. The number of quaternary nitrogens is 1. The maximum Gasteiger partial charge on any atom is 0.339 e. The minimum absolute atomic E-state index is 0.0151. The summed E-state index contributed by atoms with van der Waals surface area (Å²) in [4.78, 5) is 40.6. The van der Waals surface area contributed by atoms with E-state index >= 15 is 0 Å². The van der Waals surface area contributed by atoms with E-state index in [-0.39, 0.29) is 17.7 Å². The predicted molar refractivity (Wildman–Crippen MR) is 124 cm³/mol. The van der Waals surface area contributed by atoms with Gasteiger partial charge < -0.3 is 19.4 Å². The number of ether oxygens (including phenoxy) is 1. The summed E-state index contributed by atoms with van der Waals surface area (Å²) in [7, 11) is 1.34. The zero-order valence-corrected chi connectivity index (χ0v) is 19.8. The molecular weight excluding hydrogens is 406 g/mol. The van der Waals surface area contributed by atoms with Crippen LogP contribution < -0.4 is 5.32 Å². The number of esters is 1. The Morgan fingerprint density at radius 1 is 1.12 bits per heavy atom. The number of likely N-dealkylation sites (N-methyl/N-ethyl adjacent to an activating group) is 1. The van der Waals surface area contributed by atoms with Crippen molar-refractivity contribution in [1.82, 2.24) is 4.90 Å². The minimum atomic E-state index is -0.468. The molecule has 2 unspecified atom stereocenters. The fourth-order valence-electron chi connectivity index (χ4n) is 5.21. The Labute approximate surface area is 191 Å². The first kappa shape index (κ1) is 24.2. The molecule has 0 saturated carbocycles. The van der Waals surface area contributed by atoms with Crippen LogP contribution in [0.15, 0.2) is 18.2 Å². The van der Waals surface area contributed by atoms with Crippen LogP contribution in [0.1, 0.15) is 61.4 Å². The summed E-state index contributed by atoms with van der Waals surface area (Å²) >= 11 is 0. The zero-order chi connectivity index (χ0) is 23.1. The molecule has 2 heterocycles. The SMILES string of the molecule is CC[N+]1(CC(=O)Nc2c(C)cccc2C(=O)OC)CCCC(C(=O)N2CCCCCC2)C1. The van der Waals surface area contributed by atoms with Gasteiger partial charge in [0.25, 0.3) is 5.91 Å². The van der Waals surface area contributed by atoms with Gasteiger partial charge in [-0.05, 0) is 51.2 Å². The largest absolute Gasteiger partial charge is 0.465 e. The Morgan fingerprint density at radius 3 is 2.50 bits per heavy atom. The van der Waals surface area contributed by atoms with Crippen molar-refractivity contribution in [2.24, 2.45) is 5.92 Å². The molecule has 32 heavy (non-hydrogen) atoms. The second kappa shape index (κ2) is 10.9. The average Bonchev–Trinajstić information content (AvgIpc) is 3.09. The third-order valence-electron chi connectivity index (χ3n) is 7.15. The number of rotatable bonds is 6. The number of anilines is 1. The number of hydrogen-bond acceptors (Lipinski definition) is 4. The summed E-state index contributed by atoms with van der Waals surface area (Å²) < 4.78 is 5.48. The third kappa shape index (κ3) is 5.68. The zero-order valence-electron chi connectivity index (χ0n) is 19.8. The number of aryl methyl sites for hydroxylation is 1. The number of nitrogens with one attached hydrogen (secondary N) is 1. The summed E-state index contributed by atoms with van der Waals surface area (Å²) in [6.07, 6.45) is 6.44. The van der Waals surface area contributed by atoms with E-state index in [1.165, 1.54) is 20.0 Å². The first-order valence-corrected chi connectivity index (χ1v) is 12.0. The van der Waals surface area contributed by atoms with Gasteiger partial charge in [0.15, 0.2) is 6.54 Å². The number of hydrogen-bond donors (Lipinski definition) is 1. The first-order valence-electron chi connectivity index (χ1n) is 12.0. The van der Waals surface area contributed by atoms with Gasteiger partial charge in [-0.3, -0.25) is 9.59 Å². The van der Waals surface area contributed by atoms with Crippen LogP contribution in [0.2, 0.25) is 0 Å². The Balaban J connectivity index is 1.70. The van der Waals surface area contributed by atoms with E-state index in [1.807, 2.05) is 13.0 Å². The molecule has 2 fully saturated rings. The first-order chi connectivity index (χ1) is 15.4. The minimum Gasteiger partial charge on any atom is -0.465 e. The van der Waals surface area contributed by atoms with E-state index in [0.29, 0.717) is 28.8 Å². The molecule has 2 atom stereocenters. The monoisotopic (exact) mass is 444 g/mol. The lowest BCUT2D eigenvalue weighted by Gasteiger charge is -2.43. The molecule has 0 aliphatic carbocycles. The molecule has 0 spiro atoms. The number of carbonyl (C=O) groups excluding carboxylic acids is 3. The summed E-state index contributed by atoms with van der Waals surface area (Å²) in [5.74, 6) is -0.341. The topological polar surface area (TPSA) is 75.7 Å². The molecule has 1 aromatic rings. The second-order valence-electron chi connectivity index (χ2n) is 9.34. The summed E-state index contributed by atoms with van der Waals surface area (Å²) in [6, 6.07) is 5.30. The summed E-state index contributed by atoms with van der Waals surface area (Å²) in [5, 5.41) is 2.97. The number of para-hydroxylation sites is 1. The van der Waals surface area contributed by atoms with Crippen molar-refractivity contribution < 1.29 is 23.6 Å². The number of methoxy groups -OCH3 is 1. The summed E-state index contributed by atoms with van der Waals surface area (Å²) in [6.45, 7) is 8.39. The van der Waals surface area contributed by atoms with Crippen LogP contribution in [-0.2, 0) is 14.3 Å². The van der Waals surface area contributed by atoms with E-state index in [4.69, 9.17) is 4.74 Å². The lowest BCUT2D eigenvalue weighted by molar-refractivity contribution is -0.925. The highest BCUT2D eigenvalue weighted by molar-refractivity contribution is 6.02. The van der Waals surface area contributed by atoms with Crippen LogP contribution in [0, 0.1) is 12.8 Å². The van der Waals surface area contributed by atoms with Gasteiger partial charge in [-0.15, -0.1) is 0 Å². The number of benzene rings is 1. The van der Waals surface area contributed by atoms with Crippen molar-refractivity contribution in [2.45, 2.75) is 52.4 Å². The second-order valence-corrected chi connectivity index (χ2v) is 9.34. The number of carbonyl (C=O) groups is 3. The Morgan fingerprint density at radius 2 is 1.84 bits per heavy atom. The lowest BCUT2D eigenvalue weighted by atomic mass is 9.93. The van der Waals surface area contributed by atoms with Gasteiger partial charge in [-0.1, -0.05) is 25.0 Å². The van der Waals surface area contributed by atoms with Crippen molar-refractivity contribution >= 4 is 23.5 Å². The third-order valence-corrected chi connectivity index (χ3v) is 7.15. The van der Waals surface area contributed by atoms with E-state index < -0.39 is 5.97 Å². The molecule has 0 radical (unpaired) electrons. The molecule has 1 N–H and O–H groups in total. The van der Waals surface area contributed by atoms with Crippen molar-refractivity contribution in [3.63, 3.8) is 0 Å². The van der Waals surface area contributed by atoms with Crippen molar-refractivity contribution in [1.29, 1.82) is 0 Å². The van der Waals surface area contributed by atoms with E-state index in [0.717, 1.165) is 57.4 Å². The van der Waals surface area contributed by atoms with Gasteiger partial charge in [0.1, 0.15) is 0 Å². The quantitative estimate of drug-likeness (QED) is 0.539. The number of piperidine rings is 1. The average molecular weight is 445 g/mol. The van der Waals surface area contributed by atoms with Gasteiger partial charge in [-0.2, -0.15) is 0 Å². The highest BCUT2D eigenvalue weighted by Crippen LogP contribution is 2.27. The molecule has 1 aromatic carbocycles. The molecule has 2 amide bonds. The van der Waals surface area contributed by atoms with Gasteiger partial charge in [0.2, 0.25) is 5.91 Å². The van der Waals surface area contributed by atoms with Crippen molar-refractivity contribution in [3.8, 4) is 0 Å². The van der Waals surface area contributed by atoms with E-state index in [1.54, 1.807) is 12.1 Å². The normalized spacial score (nSPS) is 23.8. The highest BCUT2D eigenvalue weighted by Gasteiger charge is 2.40. The smallest absolute Gasteiger partial charge is 0.339 e. The number of likely N-dealkylation sites (tertiary alicyclic amines) is 2. The number of amides is 2. The Hall–Kier alpha value is -2.41. The van der Waals surface area contributed by atoms with E-state index in [9.17, 15) is 14.4 Å². The van der Waals surface area contributed by atoms with Crippen LogP contribution in [0.5, 0.6) is 0 Å². The fraction of sp³-hybridized carbons (Fsp3) is 0.640. The van der Waals surface area contributed by atoms with Gasteiger partial charge in [0.05, 0.1) is 43.9 Å². The van der Waals surface area contributed by atoms with E-state index in [2.05, 4.69) is 17.1 Å². The molecule has 0 aromatic heterocycles. The molecule has 3 rings (SSSR count). The molecule has 176 valence electrons. The predicted octanol–water partition coefficient (Wildman–Crippen LogP) is 3.37. The molecule has 2 aliphatic rings. The Kier molecular flexibility index (Phi) is 8.29. The molecule has 2 aliphatic heterocycles. The fourth-order valence-corrected chi connectivity index (χ4v) is 5.21. The molecule has 0 bridgehead atoms. The summed E-state index contributed by atoms with van der Waals surface area (Å²) in [5.41, 5.74) is 1.68. The standard InChI is InChI=1S/C25H37N3O4/c1-4-28(16-10-12-20(17-28)24(30)27-14-7-5-6-8-15-27)18-22(29)26-23-19(2)11-9-13-21(23)25(31)32-3/h9,11,13,20H,4-8,10,12,14-18H2,1-3H3/p+1. The van der Waals surface area contributed by atoms with Crippen LogP contribution in [0.4, 0.5) is 5.69 Å². The highest BCUT2D eigenvalue weighted by atomic mass is 16.5. The molecule has 7 heteroatoms. The molecule has 7 nitrogen and oxygen atoms in total.